The van der Waals surface area contributed by atoms with Crippen LogP contribution in [-0.4, -0.2) is 52.5 Å². The van der Waals surface area contributed by atoms with Crippen molar-refractivity contribution in [3.8, 4) is 11.1 Å². The van der Waals surface area contributed by atoms with Crippen LogP contribution < -0.4 is 5.32 Å². The summed E-state index contributed by atoms with van der Waals surface area (Å²) in [6.07, 6.45) is 2.84. The van der Waals surface area contributed by atoms with Crippen LogP contribution in [0.1, 0.15) is 18.1 Å². The average Bonchev–Trinajstić information content (AvgIpc) is 3.28. The predicted molar refractivity (Wildman–Crippen MR) is 139 cm³/mol. The Morgan fingerprint density at radius 1 is 0.914 bits per heavy atom. The molecule has 3 N–H and O–H groups in total. The van der Waals surface area contributed by atoms with Gasteiger partial charge in [0.2, 0.25) is 5.91 Å². The van der Waals surface area contributed by atoms with Gasteiger partial charge in [-0.05, 0) is 34.7 Å². The number of para-hydroxylation sites is 1. The maximum absolute atomic E-state index is 12.2. The Labute approximate surface area is 205 Å². The molecule has 0 aliphatic heterocycles. The Hall–Kier alpha value is -3.90. The van der Waals surface area contributed by atoms with E-state index in [0.717, 1.165) is 33.2 Å². The molecular formula is C29H31N3O3. The number of benzene rings is 3. The van der Waals surface area contributed by atoms with Gasteiger partial charge in [-0.2, -0.15) is 0 Å². The van der Waals surface area contributed by atoms with Crippen molar-refractivity contribution in [1.29, 1.82) is 0 Å². The maximum atomic E-state index is 12.2. The highest BCUT2D eigenvalue weighted by Gasteiger charge is 2.24. The summed E-state index contributed by atoms with van der Waals surface area (Å²) in [6.45, 7) is 1.90. The lowest BCUT2D eigenvalue weighted by Crippen LogP contribution is -2.49. The van der Waals surface area contributed by atoms with Crippen molar-refractivity contribution in [2.75, 3.05) is 13.6 Å². The van der Waals surface area contributed by atoms with Crippen molar-refractivity contribution in [2.24, 2.45) is 0 Å². The zero-order valence-electron chi connectivity index (χ0n) is 20.1. The van der Waals surface area contributed by atoms with Crippen LogP contribution in [0.4, 0.5) is 0 Å². The van der Waals surface area contributed by atoms with Gasteiger partial charge in [-0.15, -0.1) is 0 Å². The van der Waals surface area contributed by atoms with Gasteiger partial charge in [0.05, 0.1) is 0 Å². The molecule has 0 aliphatic carbocycles. The molecule has 0 saturated heterocycles. The summed E-state index contributed by atoms with van der Waals surface area (Å²) in [4.78, 5) is 29.1. The second-order valence-corrected chi connectivity index (χ2v) is 8.91. The van der Waals surface area contributed by atoms with Gasteiger partial charge in [-0.3, -0.25) is 9.59 Å². The van der Waals surface area contributed by atoms with Crippen LogP contribution in [0.5, 0.6) is 0 Å². The van der Waals surface area contributed by atoms with Gasteiger partial charge in [0, 0.05) is 50.1 Å². The van der Waals surface area contributed by atoms with E-state index in [-0.39, 0.29) is 11.9 Å². The first kappa shape index (κ1) is 24.2. The Morgan fingerprint density at radius 3 is 2.26 bits per heavy atom. The van der Waals surface area contributed by atoms with E-state index in [0.29, 0.717) is 19.4 Å². The first-order chi connectivity index (χ1) is 16.9. The number of likely N-dealkylation sites (N-methyl/N-ethyl adjacent to an activating group) is 1. The highest BCUT2D eigenvalue weighted by atomic mass is 16.4. The molecule has 0 fully saturated rings. The van der Waals surface area contributed by atoms with Crippen LogP contribution in [0.3, 0.4) is 0 Å². The SMILES string of the molecule is CC(=O)N(C)[C@@H](CN[C@@H](Cc1c[nH]c2ccccc12)C(=O)O)Cc1ccc(-c2ccccc2)cc1. The van der Waals surface area contributed by atoms with E-state index in [1.807, 2.05) is 48.7 Å². The number of rotatable bonds is 10. The Bertz CT molecular complexity index is 1280. The molecule has 1 aromatic heterocycles. The molecule has 0 saturated carbocycles. The third kappa shape index (κ3) is 5.97. The number of aromatic amines is 1. The predicted octanol–water partition coefficient (Wildman–Crippen LogP) is 4.51. The Balaban J connectivity index is 1.46. The standard InChI is InChI=1S/C29H31N3O3/c1-20(33)32(2)25(16-21-12-14-23(15-13-21)22-8-4-3-5-9-22)19-31-28(29(34)35)17-24-18-30-27-11-7-6-10-26(24)27/h3-15,18,25,28,30-31H,16-17,19H2,1-2H3,(H,34,35)/t25-,28+/m1/s1. The molecule has 1 heterocycles. The van der Waals surface area contributed by atoms with Crippen molar-refractivity contribution in [3.63, 3.8) is 0 Å². The summed E-state index contributed by atoms with van der Waals surface area (Å²) < 4.78 is 0. The van der Waals surface area contributed by atoms with Gasteiger partial charge in [-0.25, -0.2) is 0 Å². The number of hydrogen-bond donors (Lipinski definition) is 3. The molecular weight excluding hydrogens is 438 g/mol. The third-order valence-electron chi connectivity index (χ3n) is 6.57. The fourth-order valence-electron chi connectivity index (χ4n) is 4.38. The number of nitrogens with one attached hydrogen (secondary N) is 2. The smallest absolute Gasteiger partial charge is 0.321 e. The first-order valence-corrected chi connectivity index (χ1v) is 11.8. The first-order valence-electron chi connectivity index (χ1n) is 11.8. The van der Waals surface area contributed by atoms with E-state index in [9.17, 15) is 14.7 Å². The Kier molecular flexibility index (Phi) is 7.63. The van der Waals surface area contributed by atoms with Gasteiger partial charge in [-0.1, -0.05) is 72.8 Å². The van der Waals surface area contributed by atoms with Gasteiger partial charge in [0.25, 0.3) is 0 Å². The molecule has 0 radical (unpaired) electrons. The summed E-state index contributed by atoms with van der Waals surface area (Å²) >= 11 is 0. The molecule has 4 aromatic rings. The largest absolute Gasteiger partial charge is 0.480 e. The number of aliphatic carboxylic acids is 1. The van der Waals surface area contributed by atoms with Gasteiger partial charge in [0.15, 0.2) is 0 Å². The number of hydrogen-bond acceptors (Lipinski definition) is 3. The summed E-state index contributed by atoms with van der Waals surface area (Å²) in [7, 11) is 1.77. The van der Waals surface area contributed by atoms with Crippen molar-refractivity contribution in [1.82, 2.24) is 15.2 Å². The molecule has 3 aromatic carbocycles. The lowest BCUT2D eigenvalue weighted by Gasteiger charge is -2.29. The summed E-state index contributed by atoms with van der Waals surface area (Å²) in [6, 6.07) is 25.4. The number of carboxylic acids is 1. The molecule has 1 amide bonds. The number of H-pyrrole nitrogens is 1. The fraction of sp³-hybridized carbons (Fsp3) is 0.241. The van der Waals surface area contributed by atoms with Crippen molar-refractivity contribution in [3.05, 3.63) is 96.2 Å². The zero-order valence-corrected chi connectivity index (χ0v) is 20.1. The topological polar surface area (TPSA) is 85.4 Å². The monoisotopic (exact) mass is 469 g/mol. The highest BCUT2D eigenvalue weighted by molar-refractivity contribution is 5.84. The fourth-order valence-corrected chi connectivity index (χ4v) is 4.38. The van der Waals surface area contributed by atoms with Crippen LogP contribution in [0.2, 0.25) is 0 Å². The molecule has 0 spiro atoms. The summed E-state index contributed by atoms with van der Waals surface area (Å²) in [5.41, 5.74) is 5.31. The molecule has 4 rings (SSSR count). The Morgan fingerprint density at radius 2 is 1.57 bits per heavy atom. The normalized spacial score (nSPS) is 12.9. The van der Waals surface area contributed by atoms with Crippen molar-refractivity contribution >= 4 is 22.8 Å². The minimum absolute atomic E-state index is 0.0544. The third-order valence-corrected chi connectivity index (χ3v) is 6.57. The van der Waals surface area contributed by atoms with E-state index in [4.69, 9.17) is 0 Å². The maximum Gasteiger partial charge on any atom is 0.321 e. The number of carboxylic acid groups (broad SMARTS) is 1. The van der Waals surface area contributed by atoms with E-state index >= 15 is 0 Å². The van der Waals surface area contributed by atoms with Crippen LogP contribution in [0, 0.1) is 0 Å². The van der Waals surface area contributed by atoms with E-state index < -0.39 is 12.0 Å². The molecule has 0 bridgehead atoms. The van der Waals surface area contributed by atoms with Crippen LogP contribution in [0.15, 0.2) is 85.1 Å². The van der Waals surface area contributed by atoms with Crippen molar-refractivity contribution < 1.29 is 14.7 Å². The molecule has 0 unspecified atom stereocenters. The number of fused-ring (bicyclic) bond motifs is 1. The van der Waals surface area contributed by atoms with E-state index in [2.05, 4.69) is 46.7 Å². The van der Waals surface area contributed by atoms with Gasteiger partial charge in [0.1, 0.15) is 6.04 Å². The lowest BCUT2D eigenvalue weighted by molar-refractivity contribution is -0.139. The highest BCUT2D eigenvalue weighted by Crippen LogP contribution is 2.21. The number of aromatic nitrogens is 1. The summed E-state index contributed by atoms with van der Waals surface area (Å²) in [5.74, 6) is -0.965. The van der Waals surface area contributed by atoms with Crippen LogP contribution >= 0.6 is 0 Å². The number of nitrogens with zero attached hydrogens (tertiary/aromatic N) is 1. The van der Waals surface area contributed by atoms with Gasteiger partial charge < -0.3 is 20.3 Å². The molecule has 2 atom stereocenters. The quantitative estimate of drug-likeness (QED) is 0.319. The minimum atomic E-state index is -0.910. The summed E-state index contributed by atoms with van der Waals surface area (Å²) in [5, 5.41) is 14.1. The molecule has 6 nitrogen and oxygen atoms in total. The lowest BCUT2D eigenvalue weighted by atomic mass is 9.99. The van der Waals surface area contributed by atoms with Crippen LogP contribution in [0.25, 0.3) is 22.0 Å². The van der Waals surface area contributed by atoms with Crippen LogP contribution in [-0.2, 0) is 22.4 Å². The van der Waals surface area contributed by atoms with Gasteiger partial charge >= 0.3 is 5.97 Å². The molecule has 0 aliphatic rings. The van der Waals surface area contributed by atoms with E-state index in [1.54, 1.807) is 11.9 Å². The van der Waals surface area contributed by atoms with Crippen molar-refractivity contribution in [2.45, 2.75) is 31.8 Å². The average molecular weight is 470 g/mol. The second-order valence-electron chi connectivity index (χ2n) is 8.91. The molecule has 35 heavy (non-hydrogen) atoms. The minimum Gasteiger partial charge on any atom is -0.480 e. The van der Waals surface area contributed by atoms with E-state index in [1.165, 1.54) is 6.92 Å². The number of amides is 1. The number of carbonyl (C=O) groups is 2. The zero-order chi connectivity index (χ0) is 24.8. The number of carbonyl (C=O) groups excluding carboxylic acids is 1. The molecule has 6 heteroatoms. The second kappa shape index (κ2) is 11.0. The molecule has 180 valence electrons.